The average Bonchev–Trinajstić information content (AvgIpc) is 3.25. The molecule has 33 heavy (non-hydrogen) atoms. The van der Waals surface area contributed by atoms with Gasteiger partial charge in [0.15, 0.2) is 0 Å². The summed E-state index contributed by atoms with van der Waals surface area (Å²) in [5.74, 6) is -0.323. The number of carbonyl (C=O) groups is 1. The Hall–Kier alpha value is -3.21. The van der Waals surface area contributed by atoms with Crippen molar-refractivity contribution in [2.24, 2.45) is 5.92 Å². The number of pyridine rings is 2. The highest BCUT2D eigenvalue weighted by atomic mass is 35.5. The minimum absolute atomic E-state index is 0.00255. The zero-order valence-electron chi connectivity index (χ0n) is 17.4. The zero-order valence-corrected chi connectivity index (χ0v) is 18.9. The van der Waals surface area contributed by atoms with Crippen LogP contribution in [-0.4, -0.2) is 40.5 Å². The zero-order chi connectivity index (χ0) is 23.4. The predicted molar refractivity (Wildman–Crippen MR) is 122 cm³/mol. The molecular formula is C24H19Cl2FN4O2. The second-order valence-corrected chi connectivity index (χ2v) is 8.59. The van der Waals surface area contributed by atoms with E-state index in [1.54, 1.807) is 23.1 Å². The Morgan fingerprint density at radius 1 is 1.15 bits per heavy atom. The van der Waals surface area contributed by atoms with E-state index in [2.05, 4.69) is 9.97 Å². The molecule has 0 aliphatic carbocycles. The number of amides is 1. The number of nitriles is 1. The van der Waals surface area contributed by atoms with Crippen LogP contribution in [0.5, 0.6) is 5.88 Å². The highest BCUT2D eigenvalue weighted by molar-refractivity contribution is 6.42. The summed E-state index contributed by atoms with van der Waals surface area (Å²) in [4.78, 5) is 22.6. The van der Waals surface area contributed by atoms with Crippen molar-refractivity contribution in [2.45, 2.75) is 12.3 Å². The van der Waals surface area contributed by atoms with E-state index >= 15 is 0 Å². The number of hydrogen-bond acceptors (Lipinski definition) is 5. The first-order chi connectivity index (χ1) is 15.9. The van der Waals surface area contributed by atoms with Gasteiger partial charge in [0.2, 0.25) is 5.88 Å². The molecule has 0 N–H and O–H groups in total. The van der Waals surface area contributed by atoms with Crippen molar-refractivity contribution in [3.63, 3.8) is 0 Å². The number of hydrogen-bond donors (Lipinski definition) is 0. The van der Waals surface area contributed by atoms with E-state index in [0.717, 1.165) is 11.8 Å². The first-order valence-corrected chi connectivity index (χ1v) is 11.0. The van der Waals surface area contributed by atoms with Gasteiger partial charge in [0.05, 0.1) is 34.0 Å². The molecule has 2 atom stereocenters. The summed E-state index contributed by atoms with van der Waals surface area (Å²) in [6, 6.07) is 12.0. The summed E-state index contributed by atoms with van der Waals surface area (Å²) < 4.78 is 19.3. The van der Waals surface area contributed by atoms with Gasteiger partial charge in [-0.05, 0) is 42.2 Å². The van der Waals surface area contributed by atoms with Crippen molar-refractivity contribution < 1.29 is 13.9 Å². The summed E-state index contributed by atoms with van der Waals surface area (Å²) in [5, 5.41) is 9.80. The molecule has 1 amide bonds. The molecule has 3 aromatic rings. The third-order valence-corrected chi connectivity index (χ3v) is 6.39. The summed E-state index contributed by atoms with van der Waals surface area (Å²) in [6.07, 6.45) is 4.54. The molecule has 0 radical (unpaired) electrons. The number of carbonyl (C=O) groups excluding carboxylic acids is 1. The van der Waals surface area contributed by atoms with Gasteiger partial charge in [-0.25, -0.2) is 9.37 Å². The maximum atomic E-state index is 13.6. The topological polar surface area (TPSA) is 79.1 Å². The monoisotopic (exact) mass is 484 g/mol. The van der Waals surface area contributed by atoms with Gasteiger partial charge in [-0.2, -0.15) is 5.26 Å². The van der Waals surface area contributed by atoms with Crippen LogP contribution in [0.3, 0.4) is 0 Å². The van der Waals surface area contributed by atoms with Crippen molar-refractivity contribution in [1.29, 1.82) is 5.26 Å². The van der Waals surface area contributed by atoms with Crippen LogP contribution in [0.15, 0.2) is 55.0 Å². The van der Waals surface area contributed by atoms with Crippen molar-refractivity contribution in [3.8, 4) is 11.9 Å². The van der Waals surface area contributed by atoms with Gasteiger partial charge < -0.3 is 9.64 Å². The van der Waals surface area contributed by atoms with Crippen LogP contribution in [0.4, 0.5) is 4.39 Å². The van der Waals surface area contributed by atoms with Crippen molar-refractivity contribution in [1.82, 2.24) is 14.9 Å². The Morgan fingerprint density at radius 2 is 2.00 bits per heavy atom. The molecule has 168 valence electrons. The lowest BCUT2D eigenvalue weighted by molar-refractivity contribution is 0.0783. The highest BCUT2D eigenvalue weighted by Gasteiger charge is 2.36. The SMILES string of the molecule is N#Cc1ccc(OCCC2CN(C(=O)c3cncc(F)c3)CC2c2ccc(Cl)c(Cl)c2)nc1. The molecule has 1 fully saturated rings. The van der Waals surface area contributed by atoms with E-state index in [9.17, 15) is 9.18 Å². The first-order valence-electron chi connectivity index (χ1n) is 10.3. The van der Waals surface area contributed by atoms with Gasteiger partial charge in [-0.1, -0.05) is 29.3 Å². The molecule has 2 aromatic heterocycles. The second-order valence-electron chi connectivity index (χ2n) is 7.78. The van der Waals surface area contributed by atoms with Crippen LogP contribution in [0.1, 0.15) is 33.8 Å². The fraction of sp³-hybridized carbons (Fsp3) is 0.250. The number of halogens is 3. The molecule has 1 aliphatic heterocycles. The third-order valence-electron chi connectivity index (χ3n) is 5.66. The Morgan fingerprint density at radius 3 is 2.70 bits per heavy atom. The lowest BCUT2D eigenvalue weighted by Gasteiger charge is -2.19. The Bertz CT molecular complexity index is 1200. The van der Waals surface area contributed by atoms with Crippen LogP contribution >= 0.6 is 23.2 Å². The lowest BCUT2D eigenvalue weighted by atomic mass is 9.87. The average molecular weight is 485 g/mol. The quantitative estimate of drug-likeness (QED) is 0.485. The fourth-order valence-corrected chi connectivity index (χ4v) is 4.31. The van der Waals surface area contributed by atoms with Gasteiger partial charge in [-0.3, -0.25) is 9.78 Å². The van der Waals surface area contributed by atoms with Gasteiger partial charge in [0.25, 0.3) is 5.91 Å². The number of nitrogens with zero attached hydrogens (tertiary/aromatic N) is 4. The van der Waals surface area contributed by atoms with Crippen LogP contribution in [-0.2, 0) is 0 Å². The minimum Gasteiger partial charge on any atom is -0.478 e. The van der Waals surface area contributed by atoms with Gasteiger partial charge in [0, 0.05) is 37.5 Å². The van der Waals surface area contributed by atoms with Crippen LogP contribution in [0.2, 0.25) is 10.0 Å². The number of likely N-dealkylation sites (tertiary alicyclic amines) is 1. The molecule has 4 rings (SSSR count). The van der Waals surface area contributed by atoms with E-state index in [4.69, 9.17) is 33.2 Å². The summed E-state index contributed by atoms with van der Waals surface area (Å²) >= 11 is 12.3. The molecule has 1 saturated heterocycles. The molecular weight excluding hydrogens is 466 g/mol. The summed E-state index contributed by atoms with van der Waals surface area (Å²) in [6.45, 7) is 1.31. The normalized spacial score (nSPS) is 17.6. The van der Waals surface area contributed by atoms with E-state index in [1.807, 2.05) is 18.2 Å². The second kappa shape index (κ2) is 10.2. The van der Waals surface area contributed by atoms with Crippen molar-refractivity contribution in [3.05, 3.63) is 87.5 Å². The summed E-state index contributed by atoms with van der Waals surface area (Å²) in [7, 11) is 0. The van der Waals surface area contributed by atoms with Crippen molar-refractivity contribution >= 4 is 29.1 Å². The number of rotatable bonds is 6. The maximum Gasteiger partial charge on any atom is 0.255 e. The number of benzene rings is 1. The fourth-order valence-electron chi connectivity index (χ4n) is 4.01. The highest BCUT2D eigenvalue weighted by Crippen LogP contribution is 2.37. The van der Waals surface area contributed by atoms with E-state index in [1.165, 1.54) is 18.5 Å². The summed E-state index contributed by atoms with van der Waals surface area (Å²) in [5.41, 5.74) is 1.64. The predicted octanol–water partition coefficient (Wildman–Crippen LogP) is 5.12. The Labute approximate surface area is 200 Å². The molecule has 9 heteroatoms. The van der Waals surface area contributed by atoms with Crippen LogP contribution < -0.4 is 4.74 Å². The number of ether oxygens (including phenoxy) is 1. The lowest BCUT2D eigenvalue weighted by Crippen LogP contribution is -2.29. The standard InChI is InChI=1S/C24H19Cl2FN4O2/c25-21-3-2-16(8-22(21)26)20-14-31(24(32)18-7-19(27)12-29-11-18)13-17(20)5-6-33-23-4-1-15(9-28)10-30-23/h1-4,7-8,10-12,17,20H,5-6,13-14H2. The van der Waals surface area contributed by atoms with E-state index in [-0.39, 0.29) is 23.3 Å². The minimum atomic E-state index is -0.555. The van der Waals surface area contributed by atoms with Crippen LogP contribution in [0.25, 0.3) is 0 Å². The Kier molecular flexibility index (Phi) is 7.07. The molecule has 3 heterocycles. The molecule has 2 unspecified atom stereocenters. The van der Waals surface area contributed by atoms with E-state index < -0.39 is 5.82 Å². The third kappa shape index (κ3) is 5.41. The maximum absolute atomic E-state index is 13.6. The number of aromatic nitrogens is 2. The van der Waals surface area contributed by atoms with Crippen LogP contribution in [0, 0.1) is 23.1 Å². The first kappa shape index (κ1) is 23.0. The van der Waals surface area contributed by atoms with Gasteiger partial charge in [-0.15, -0.1) is 0 Å². The van der Waals surface area contributed by atoms with Gasteiger partial charge >= 0.3 is 0 Å². The molecule has 1 aliphatic rings. The molecule has 1 aromatic carbocycles. The Balaban J connectivity index is 1.50. The van der Waals surface area contributed by atoms with Gasteiger partial charge in [0.1, 0.15) is 11.9 Å². The molecule has 0 spiro atoms. The molecule has 6 nitrogen and oxygen atoms in total. The van der Waals surface area contributed by atoms with Crippen molar-refractivity contribution in [2.75, 3.05) is 19.7 Å². The smallest absolute Gasteiger partial charge is 0.255 e. The molecule has 0 saturated carbocycles. The largest absolute Gasteiger partial charge is 0.478 e. The molecule has 0 bridgehead atoms. The van der Waals surface area contributed by atoms with E-state index in [0.29, 0.717) is 47.6 Å².